The largest absolute Gasteiger partial charge is 0.496 e. The van der Waals surface area contributed by atoms with Crippen molar-refractivity contribution in [3.8, 4) is 5.75 Å². The molecule has 6 nitrogen and oxygen atoms in total. The molecule has 1 saturated heterocycles. The topological polar surface area (TPSA) is 44.7 Å². The maximum Gasteiger partial charge on any atom is 0.227 e. The lowest BCUT2D eigenvalue weighted by molar-refractivity contribution is 0.196. The van der Waals surface area contributed by atoms with Crippen molar-refractivity contribution in [3.63, 3.8) is 0 Å². The van der Waals surface area contributed by atoms with Crippen molar-refractivity contribution in [2.75, 3.05) is 51.1 Å². The van der Waals surface area contributed by atoms with Crippen LogP contribution in [0.4, 0.5) is 11.8 Å². The van der Waals surface area contributed by atoms with Crippen LogP contribution in [0.25, 0.3) is 0 Å². The molecular weight excluding hydrogens is 406 g/mol. The molecule has 1 aromatic carbocycles. The monoisotopic (exact) mass is 433 g/mol. The molecule has 1 unspecified atom stereocenters. The molecule has 3 rings (SSSR count). The number of methoxy groups -OCH3 is 1. The summed E-state index contributed by atoms with van der Waals surface area (Å²) in [7, 11) is 7.83. The van der Waals surface area contributed by atoms with Crippen LogP contribution in [-0.2, 0) is 6.54 Å². The van der Waals surface area contributed by atoms with Crippen molar-refractivity contribution >= 4 is 27.7 Å². The van der Waals surface area contributed by atoms with Crippen LogP contribution in [0.15, 0.2) is 34.9 Å². The summed E-state index contributed by atoms with van der Waals surface area (Å²) in [6.07, 6.45) is 4.15. The van der Waals surface area contributed by atoms with Gasteiger partial charge in [0.1, 0.15) is 11.6 Å². The number of aromatic nitrogens is 2. The van der Waals surface area contributed by atoms with Gasteiger partial charge < -0.3 is 14.5 Å². The van der Waals surface area contributed by atoms with Gasteiger partial charge in [0.05, 0.1) is 7.11 Å². The molecule has 0 saturated carbocycles. The van der Waals surface area contributed by atoms with Crippen molar-refractivity contribution in [2.24, 2.45) is 0 Å². The van der Waals surface area contributed by atoms with E-state index in [0.29, 0.717) is 6.04 Å². The molecule has 0 radical (unpaired) electrons. The Kier molecular flexibility index (Phi) is 6.55. The third-order valence-corrected chi connectivity index (χ3v) is 5.56. The molecule has 0 spiro atoms. The van der Waals surface area contributed by atoms with E-state index in [-0.39, 0.29) is 0 Å². The maximum atomic E-state index is 5.54. The van der Waals surface area contributed by atoms with Gasteiger partial charge in [0.2, 0.25) is 5.95 Å². The fourth-order valence-electron chi connectivity index (χ4n) is 3.52. The summed E-state index contributed by atoms with van der Waals surface area (Å²) in [6.45, 7) is 2.96. The Morgan fingerprint density at radius 2 is 2.07 bits per heavy atom. The van der Waals surface area contributed by atoms with Gasteiger partial charge >= 0.3 is 0 Å². The van der Waals surface area contributed by atoms with Crippen LogP contribution in [0.3, 0.4) is 0 Å². The molecule has 2 heterocycles. The third-order valence-electron chi connectivity index (χ3n) is 5.07. The minimum atomic E-state index is 0.398. The number of likely N-dealkylation sites (N-methyl/N-ethyl adjacent to an activating group) is 1. The molecular formula is C20H28BrN5O. The summed E-state index contributed by atoms with van der Waals surface area (Å²) < 4.78 is 6.62. The predicted molar refractivity (Wildman–Crippen MR) is 114 cm³/mol. The highest BCUT2D eigenvalue weighted by Crippen LogP contribution is 2.27. The first-order valence-corrected chi connectivity index (χ1v) is 10.0. The number of hydrogen-bond acceptors (Lipinski definition) is 6. The van der Waals surface area contributed by atoms with Gasteiger partial charge in [-0.25, -0.2) is 4.98 Å². The highest BCUT2D eigenvalue weighted by atomic mass is 79.9. The van der Waals surface area contributed by atoms with E-state index in [1.807, 2.05) is 43.4 Å². The molecule has 1 aromatic heterocycles. The van der Waals surface area contributed by atoms with E-state index in [1.165, 1.54) is 12.0 Å². The van der Waals surface area contributed by atoms with Gasteiger partial charge in [-0.3, -0.25) is 4.90 Å². The SMILES string of the molecule is COc1ccc(Br)cc1CN1CCCC(N(C)c2nccc(N(C)C)n2)C1. The van der Waals surface area contributed by atoms with Gasteiger partial charge in [-0.1, -0.05) is 15.9 Å². The van der Waals surface area contributed by atoms with Gasteiger partial charge in [-0.15, -0.1) is 0 Å². The van der Waals surface area contributed by atoms with E-state index in [0.717, 1.165) is 48.0 Å². The minimum Gasteiger partial charge on any atom is -0.496 e. The number of nitrogens with zero attached hydrogens (tertiary/aromatic N) is 5. The van der Waals surface area contributed by atoms with E-state index >= 15 is 0 Å². The number of anilines is 2. The summed E-state index contributed by atoms with van der Waals surface area (Å²) in [4.78, 5) is 15.9. The highest BCUT2D eigenvalue weighted by Gasteiger charge is 2.25. The molecule has 0 bridgehead atoms. The molecule has 1 atom stereocenters. The smallest absolute Gasteiger partial charge is 0.227 e. The lowest BCUT2D eigenvalue weighted by Gasteiger charge is -2.38. The van der Waals surface area contributed by atoms with Gasteiger partial charge in [-0.05, 0) is 43.7 Å². The van der Waals surface area contributed by atoms with Crippen molar-refractivity contribution in [3.05, 3.63) is 40.5 Å². The summed E-state index contributed by atoms with van der Waals surface area (Å²) in [5.41, 5.74) is 1.21. The molecule has 1 aliphatic rings. The Morgan fingerprint density at radius 3 is 2.81 bits per heavy atom. The van der Waals surface area contributed by atoms with Gasteiger partial charge in [0.15, 0.2) is 0 Å². The molecule has 1 aliphatic heterocycles. The van der Waals surface area contributed by atoms with Crippen molar-refractivity contribution in [1.29, 1.82) is 0 Å². The summed E-state index contributed by atoms with van der Waals surface area (Å²) in [6, 6.07) is 8.52. The number of ether oxygens (including phenoxy) is 1. The Bertz CT molecular complexity index is 770. The number of piperidine rings is 1. The van der Waals surface area contributed by atoms with Crippen LogP contribution in [0, 0.1) is 0 Å². The van der Waals surface area contributed by atoms with Crippen LogP contribution >= 0.6 is 15.9 Å². The third kappa shape index (κ3) is 4.90. The minimum absolute atomic E-state index is 0.398. The Balaban J connectivity index is 1.71. The normalized spacial score (nSPS) is 17.6. The molecule has 146 valence electrons. The van der Waals surface area contributed by atoms with Crippen LogP contribution in [-0.4, -0.2) is 62.3 Å². The first-order chi connectivity index (χ1) is 13.0. The van der Waals surface area contributed by atoms with E-state index in [2.05, 4.69) is 43.8 Å². The average Bonchev–Trinajstić information content (AvgIpc) is 2.68. The molecule has 0 amide bonds. The first kappa shape index (κ1) is 19.9. The lowest BCUT2D eigenvalue weighted by Crippen LogP contribution is -2.46. The maximum absolute atomic E-state index is 5.54. The second-order valence-corrected chi connectivity index (χ2v) is 8.12. The van der Waals surface area contributed by atoms with E-state index in [1.54, 1.807) is 7.11 Å². The number of likely N-dealkylation sites (tertiary alicyclic amines) is 1. The van der Waals surface area contributed by atoms with Crippen molar-refractivity contribution in [1.82, 2.24) is 14.9 Å². The Labute approximate surface area is 170 Å². The first-order valence-electron chi connectivity index (χ1n) is 9.26. The molecule has 7 heteroatoms. The highest BCUT2D eigenvalue weighted by molar-refractivity contribution is 9.10. The summed E-state index contributed by atoms with van der Waals surface area (Å²) >= 11 is 3.57. The molecule has 0 aliphatic carbocycles. The average molecular weight is 434 g/mol. The Hall–Kier alpha value is -1.86. The number of hydrogen-bond donors (Lipinski definition) is 0. The van der Waals surface area contributed by atoms with Gasteiger partial charge in [-0.2, -0.15) is 4.98 Å². The van der Waals surface area contributed by atoms with Crippen LogP contribution in [0.2, 0.25) is 0 Å². The molecule has 2 aromatic rings. The summed E-state index contributed by atoms with van der Waals surface area (Å²) in [5, 5.41) is 0. The zero-order valence-corrected chi connectivity index (χ0v) is 18.1. The standard InChI is InChI=1S/C20H28BrN5O/c1-24(2)19-9-10-22-20(23-19)25(3)17-6-5-11-26(14-17)13-15-12-16(21)7-8-18(15)27-4/h7-10,12,17H,5-6,11,13-14H2,1-4H3. The van der Waals surface area contributed by atoms with E-state index in [9.17, 15) is 0 Å². The number of rotatable bonds is 6. The fraction of sp³-hybridized carbons (Fsp3) is 0.500. The summed E-state index contributed by atoms with van der Waals surface area (Å²) in [5.74, 6) is 2.65. The van der Waals surface area contributed by atoms with E-state index in [4.69, 9.17) is 9.72 Å². The number of benzene rings is 1. The van der Waals surface area contributed by atoms with E-state index < -0.39 is 0 Å². The quantitative estimate of drug-likeness (QED) is 0.695. The lowest BCUT2D eigenvalue weighted by atomic mass is 10.0. The second-order valence-electron chi connectivity index (χ2n) is 7.21. The fourth-order valence-corrected chi connectivity index (χ4v) is 3.93. The zero-order chi connectivity index (χ0) is 19.4. The van der Waals surface area contributed by atoms with Gasteiger partial charge in [0.25, 0.3) is 0 Å². The molecule has 0 N–H and O–H groups in total. The van der Waals surface area contributed by atoms with Crippen LogP contribution < -0.4 is 14.5 Å². The van der Waals surface area contributed by atoms with Crippen LogP contribution in [0.5, 0.6) is 5.75 Å². The molecule has 1 fully saturated rings. The number of halogens is 1. The predicted octanol–water partition coefficient (Wildman–Crippen LogP) is 3.41. The van der Waals surface area contributed by atoms with Gasteiger partial charge in [0, 0.05) is 56.5 Å². The van der Waals surface area contributed by atoms with Crippen molar-refractivity contribution in [2.45, 2.75) is 25.4 Å². The molecule has 27 heavy (non-hydrogen) atoms. The van der Waals surface area contributed by atoms with Crippen LogP contribution in [0.1, 0.15) is 18.4 Å². The second kappa shape index (κ2) is 8.89. The Morgan fingerprint density at radius 1 is 1.26 bits per heavy atom. The zero-order valence-electron chi connectivity index (χ0n) is 16.5. The van der Waals surface area contributed by atoms with Crippen molar-refractivity contribution < 1.29 is 4.74 Å².